The number of hydrogen-bond acceptors (Lipinski definition) is 4. The second-order valence-electron chi connectivity index (χ2n) is 4.13. The molecule has 1 aliphatic heterocycles. The van der Waals surface area contributed by atoms with Crippen molar-refractivity contribution in [1.29, 1.82) is 0 Å². The van der Waals surface area contributed by atoms with Gasteiger partial charge in [0.1, 0.15) is 6.61 Å². The van der Waals surface area contributed by atoms with Crippen molar-refractivity contribution in [3.8, 4) is 0 Å². The van der Waals surface area contributed by atoms with E-state index < -0.39 is 12.8 Å². The van der Waals surface area contributed by atoms with Gasteiger partial charge in [0.25, 0.3) is 0 Å². The Morgan fingerprint density at radius 1 is 1.47 bits per heavy atom. The number of halogens is 3. The first-order chi connectivity index (χ1) is 7.97. The summed E-state index contributed by atoms with van der Waals surface area (Å²) in [6, 6.07) is 0. The third-order valence-electron chi connectivity index (χ3n) is 2.40. The van der Waals surface area contributed by atoms with E-state index in [1.54, 1.807) is 0 Å². The number of ether oxygens (including phenoxy) is 2. The van der Waals surface area contributed by atoms with Crippen LogP contribution < -0.4 is 5.32 Å². The summed E-state index contributed by atoms with van der Waals surface area (Å²) in [6.45, 7) is 2.38. The van der Waals surface area contributed by atoms with E-state index in [-0.39, 0.29) is 12.7 Å². The maximum Gasteiger partial charge on any atom is 0.411 e. The molecule has 0 aliphatic carbocycles. The van der Waals surface area contributed by atoms with E-state index in [4.69, 9.17) is 4.74 Å². The molecule has 0 aromatic rings. The molecule has 1 heterocycles. The zero-order valence-corrected chi connectivity index (χ0v) is 9.92. The Bertz CT molecular complexity index is 214. The van der Waals surface area contributed by atoms with Crippen LogP contribution in [-0.4, -0.2) is 70.2 Å². The number of alkyl halides is 3. The summed E-state index contributed by atoms with van der Waals surface area (Å²) in [6.07, 6.45) is -4.13. The molecule has 1 rings (SSSR count). The second kappa shape index (κ2) is 7.15. The van der Waals surface area contributed by atoms with Crippen molar-refractivity contribution < 1.29 is 22.6 Å². The molecule has 1 aliphatic rings. The molecule has 0 amide bonds. The Balaban J connectivity index is 1.93. The largest absolute Gasteiger partial charge is 0.411 e. The molecule has 0 radical (unpaired) electrons. The molecular formula is C10H19F3N2O2. The summed E-state index contributed by atoms with van der Waals surface area (Å²) in [5.74, 6) is 0. The fourth-order valence-corrected chi connectivity index (χ4v) is 1.59. The monoisotopic (exact) mass is 256 g/mol. The minimum atomic E-state index is -4.24. The standard InChI is InChI=1S/C10H19F3N2O2/c1-15-3-5-17-9(7-15)6-14-2-4-16-8-10(11,12)13/h9,14H,2-8H2,1H3/t9-/m0/s1. The Morgan fingerprint density at radius 3 is 2.88 bits per heavy atom. The molecule has 102 valence electrons. The van der Waals surface area contributed by atoms with Gasteiger partial charge in [0.15, 0.2) is 0 Å². The van der Waals surface area contributed by atoms with Gasteiger partial charge in [-0.05, 0) is 7.05 Å². The lowest BCUT2D eigenvalue weighted by Gasteiger charge is -2.30. The van der Waals surface area contributed by atoms with E-state index in [1.165, 1.54) is 0 Å². The second-order valence-corrected chi connectivity index (χ2v) is 4.13. The summed E-state index contributed by atoms with van der Waals surface area (Å²) >= 11 is 0. The molecule has 0 bridgehead atoms. The number of hydrogen-bond donors (Lipinski definition) is 1. The quantitative estimate of drug-likeness (QED) is 0.701. The first-order valence-corrected chi connectivity index (χ1v) is 5.63. The van der Waals surface area contributed by atoms with Crippen LogP contribution in [0.4, 0.5) is 13.2 Å². The maximum atomic E-state index is 11.7. The summed E-state index contributed by atoms with van der Waals surface area (Å²) in [4.78, 5) is 2.16. The Kier molecular flexibility index (Phi) is 6.18. The maximum absolute atomic E-state index is 11.7. The van der Waals surface area contributed by atoms with Crippen LogP contribution in [0.25, 0.3) is 0 Å². The third-order valence-corrected chi connectivity index (χ3v) is 2.40. The zero-order chi connectivity index (χ0) is 12.7. The van der Waals surface area contributed by atoms with Crippen LogP contribution in [0.5, 0.6) is 0 Å². The highest BCUT2D eigenvalue weighted by molar-refractivity contribution is 4.70. The molecule has 1 saturated heterocycles. The highest BCUT2D eigenvalue weighted by Crippen LogP contribution is 2.13. The van der Waals surface area contributed by atoms with E-state index in [0.29, 0.717) is 19.7 Å². The van der Waals surface area contributed by atoms with Crippen molar-refractivity contribution in [3.05, 3.63) is 0 Å². The molecule has 1 atom stereocenters. The van der Waals surface area contributed by atoms with E-state index in [2.05, 4.69) is 15.0 Å². The summed E-state index contributed by atoms with van der Waals surface area (Å²) in [7, 11) is 2.02. The molecule has 0 unspecified atom stereocenters. The molecule has 0 aromatic heterocycles. The normalized spacial score (nSPS) is 22.9. The van der Waals surface area contributed by atoms with Gasteiger partial charge >= 0.3 is 6.18 Å². The number of nitrogens with one attached hydrogen (secondary N) is 1. The van der Waals surface area contributed by atoms with E-state index in [1.807, 2.05) is 7.05 Å². The molecule has 0 aromatic carbocycles. The first kappa shape index (κ1) is 14.7. The van der Waals surface area contributed by atoms with E-state index in [9.17, 15) is 13.2 Å². The number of rotatable bonds is 6. The Labute approximate surface area is 99.1 Å². The van der Waals surface area contributed by atoms with Crippen LogP contribution in [0, 0.1) is 0 Å². The van der Waals surface area contributed by atoms with Crippen LogP contribution in [-0.2, 0) is 9.47 Å². The SMILES string of the molecule is CN1CCO[C@@H](CNCCOCC(F)(F)F)C1. The van der Waals surface area contributed by atoms with Crippen molar-refractivity contribution in [3.63, 3.8) is 0 Å². The Morgan fingerprint density at radius 2 is 2.24 bits per heavy atom. The molecular weight excluding hydrogens is 237 g/mol. The van der Waals surface area contributed by atoms with Crippen molar-refractivity contribution in [1.82, 2.24) is 10.2 Å². The van der Waals surface area contributed by atoms with Gasteiger partial charge in [-0.25, -0.2) is 0 Å². The van der Waals surface area contributed by atoms with Gasteiger partial charge in [0.05, 0.1) is 19.3 Å². The third kappa shape index (κ3) is 7.54. The van der Waals surface area contributed by atoms with E-state index >= 15 is 0 Å². The van der Waals surface area contributed by atoms with Crippen LogP contribution in [0.1, 0.15) is 0 Å². The lowest BCUT2D eigenvalue weighted by atomic mass is 10.3. The van der Waals surface area contributed by atoms with Gasteiger partial charge < -0.3 is 19.7 Å². The van der Waals surface area contributed by atoms with Gasteiger partial charge in [-0.1, -0.05) is 0 Å². The van der Waals surface area contributed by atoms with Crippen LogP contribution in [0.2, 0.25) is 0 Å². The van der Waals surface area contributed by atoms with Crippen molar-refractivity contribution in [2.45, 2.75) is 12.3 Å². The highest BCUT2D eigenvalue weighted by Gasteiger charge is 2.27. The van der Waals surface area contributed by atoms with Crippen LogP contribution in [0.15, 0.2) is 0 Å². The highest BCUT2D eigenvalue weighted by atomic mass is 19.4. The average molecular weight is 256 g/mol. The van der Waals surface area contributed by atoms with Crippen molar-refractivity contribution in [2.75, 3.05) is 53.0 Å². The van der Waals surface area contributed by atoms with Gasteiger partial charge in [-0.2, -0.15) is 13.2 Å². The number of likely N-dealkylation sites (N-methyl/N-ethyl adjacent to an activating group) is 1. The molecule has 7 heteroatoms. The topological polar surface area (TPSA) is 33.7 Å². The van der Waals surface area contributed by atoms with E-state index in [0.717, 1.165) is 13.1 Å². The minimum absolute atomic E-state index is 0.0576. The zero-order valence-electron chi connectivity index (χ0n) is 9.92. The fourth-order valence-electron chi connectivity index (χ4n) is 1.59. The molecule has 1 fully saturated rings. The fraction of sp³-hybridized carbons (Fsp3) is 1.00. The smallest absolute Gasteiger partial charge is 0.374 e. The van der Waals surface area contributed by atoms with Gasteiger partial charge in [0, 0.05) is 26.2 Å². The summed E-state index contributed by atoms with van der Waals surface area (Å²) in [5, 5.41) is 3.02. The van der Waals surface area contributed by atoms with Crippen LogP contribution in [0.3, 0.4) is 0 Å². The van der Waals surface area contributed by atoms with Gasteiger partial charge in [-0.3, -0.25) is 0 Å². The van der Waals surface area contributed by atoms with Crippen molar-refractivity contribution >= 4 is 0 Å². The minimum Gasteiger partial charge on any atom is -0.374 e. The Hall–Kier alpha value is -0.370. The first-order valence-electron chi connectivity index (χ1n) is 5.63. The molecule has 17 heavy (non-hydrogen) atoms. The predicted molar refractivity (Wildman–Crippen MR) is 57.0 cm³/mol. The lowest BCUT2D eigenvalue weighted by molar-refractivity contribution is -0.173. The number of morpholine rings is 1. The molecule has 0 spiro atoms. The van der Waals surface area contributed by atoms with Gasteiger partial charge in [0.2, 0.25) is 0 Å². The average Bonchev–Trinajstić information content (AvgIpc) is 2.22. The lowest BCUT2D eigenvalue weighted by Crippen LogP contribution is -2.45. The summed E-state index contributed by atoms with van der Waals surface area (Å²) in [5.41, 5.74) is 0. The number of nitrogens with zero attached hydrogens (tertiary/aromatic N) is 1. The summed E-state index contributed by atoms with van der Waals surface area (Å²) < 4.78 is 45.1. The van der Waals surface area contributed by atoms with Crippen LogP contribution >= 0.6 is 0 Å². The molecule has 1 N–H and O–H groups in total. The van der Waals surface area contributed by atoms with Gasteiger partial charge in [-0.15, -0.1) is 0 Å². The predicted octanol–water partition coefficient (Wildman–Crippen LogP) is 0.485. The molecule has 0 saturated carbocycles. The molecule has 4 nitrogen and oxygen atoms in total. The van der Waals surface area contributed by atoms with Crippen molar-refractivity contribution in [2.24, 2.45) is 0 Å².